The van der Waals surface area contributed by atoms with E-state index in [4.69, 9.17) is 9.15 Å². The SMILES string of the molecule is CC(C)(C)OC(=O)N1CCC(CS(=O)c2nc3cc([N+](=O)[O-])ccc3o2)CC1. The maximum atomic E-state index is 12.6. The molecule has 2 heterocycles. The standard InChI is InChI=1S/C18H23N3O6S/c1-18(2,3)27-17(22)20-8-6-12(7-9-20)11-28(25)16-19-14-10-13(21(23)24)4-5-15(14)26-16/h4-5,10,12H,6-9,11H2,1-3H3. The third-order valence-electron chi connectivity index (χ3n) is 4.41. The number of carbonyl (C=O) groups is 1. The number of fused-ring (bicyclic) bond motifs is 1. The second-order valence-electron chi connectivity index (χ2n) is 7.81. The number of piperidine rings is 1. The second kappa shape index (κ2) is 7.86. The monoisotopic (exact) mass is 409 g/mol. The molecule has 10 heteroatoms. The molecule has 1 atom stereocenters. The largest absolute Gasteiger partial charge is 0.444 e. The van der Waals surface area contributed by atoms with E-state index < -0.39 is 21.3 Å². The molecular weight excluding hydrogens is 386 g/mol. The van der Waals surface area contributed by atoms with Crippen LogP contribution in [0.3, 0.4) is 0 Å². The quantitative estimate of drug-likeness (QED) is 0.560. The summed E-state index contributed by atoms with van der Waals surface area (Å²) in [5.41, 5.74) is 0.0657. The summed E-state index contributed by atoms with van der Waals surface area (Å²) in [4.78, 5) is 28.3. The van der Waals surface area contributed by atoms with Gasteiger partial charge in [0.1, 0.15) is 21.9 Å². The highest BCUT2D eigenvalue weighted by Crippen LogP contribution is 2.25. The zero-order chi connectivity index (χ0) is 20.5. The first kappa shape index (κ1) is 20.2. The molecule has 28 heavy (non-hydrogen) atoms. The van der Waals surface area contributed by atoms with E-state index in [0.717, 1.165) is 12.8 Å². The van der Waals surface area contributed by atoms with Gasteiger partial charge >= 0.3 is 6.09 Å². The molecular formula is C18H23N3O6S. The Labute approximate surface area is 164 Å². The van der Waals surface area contributed by atoms with E-state index in [0.29, 0.717) is 29.9 Å². The average Bonchev–Trinajstić information content (AvgIpc) is 3.04. The Hall–Kier alpha value is -2.49. The number of oxazole rings is 1. The van der Waals surface area contributed by atoms with Crippen LogP contribution in [-0.4, -0.2) is 49.6 Å². The van der Waals surface area contributed by atoms with Crippen LogP contribution in [-0.2, 0) is 15.5 Å². The van der Waals surface area contributed by atoms with Crippen molar-refractivity contribution in [2.24, 2.45) is 5.92 Å². The van der Waals surface area contributed by atoms with Crippen LogP contribution in [0.4, 0.5) is 10.5 Å². The zero-order valence-electron chi connectivity index (χ0n) is 16.0. The van der Waals surface area contributed by atoms with Crippen molar-refractivity contribution in [3.05, 3.63) is 28.3 Å². The predicted molar refractivity (Wildman–Crippen MR) is 102 cm³/mol. The first-order valence-electron chi connectivity index (χ1n) is 9.03. The minimum Gasteiger partial charge on any atom is -0.444 e. The van der Waals surface area contributed by atoms with Gasteiger partial charge in [0.25, 0.3) is 10.9 Å². The van der Waals surface area contributed by atoms with Gasteiger partial charge in [0, 0.05) is 31.0 Å². The summed E-state index contributed by atoms with van der Waals surface area (Å²) in [6, 6.07) is 4.09. The predicted octanol–water partition coefficient (Wildman–Crippen LogP) is 3.49. The van der Waals surface area contributed by atoms with Crippen molar-refractivity contribution in [2.45, 2.75) is 44.4 Å². The molecule has 0 radical (unpaired) electrons. The molecule has 3 rings (SSSR count). The lowest BCUT2D eigenvalue weighted by atomic mass is 9.99. The van der Waals surface area contributed by atoms with Gasteiger partial charge in [0.15, 0.2) is 5.58 Å². The van der Waals surface area contributed by atoms with Gasteiger partial charge in [0.05, 0.1) is 4.92 Å². The molecule has 0 aliphatic carbocycles. The van der Waals surface area contributed by atoms with Gasteiger partial charge in [0.2, 0.25) is 0 Å². The number of hydrogen-bond donors (Lipinski definition) is 0. The van der Waals surface area contributed by atoms with Crippen molar-refractivity contribution in [2.75, 3.05) is 18.8 Å². The van der Waals surface area contributed by atoms with Gasteiger partial charge in [-0.25, -0.2) is 14.0 Å². The summed E-state index contributed by atoms with van der Waals surface area (Å²) in [7, 11) is -1.45. The summed E-state index contributed by atoms with van der Waals surface area (Å²) in [5.74, 6) is 0.542. The molecule has 152 valence electrons. The number of benzene rings is 1. The lowest BCUT2D eigenvalue weighted by molar-refractivity contribution is -0.384. The number of carbonyl (C=O) groups excluding carboxylic acids is 1. The van der Waals surface area contributed by atoms with Crippen LogP contribution in [0, 0.1) is 16.0 Å². The molecule has 0 saturated carbocycles. The Balaban J connectivity index is 1.58. The summed E-state index contributed by atoms with van der Waals surface area (Å²) < 4.78 is 23.5. The average molecular weight is 409 g/mol. The highest BCUT2D eigenvalue weighted by molar-refractivity contribution is 7.84. The van der Waals surface area contributed by atoms with Crippen molar-refractivity contribution in [1.29, 1.82) is 0 Å². The van der Waals surface area contributed by atoms with E-state index >= 15 is 0 Å². The van der Waals surface area contributed by atoms with Crippen molar-refractivity contribution in [1.82, 2.24) is 9.88 Å². The number of ether oxygens (including phenoxy) is 1. The third kappa shape index (κ3) is 4.86. The molecule has 0 spiro atoms. The number of likely N-dealkylation sites (tertiary alicyclic amines) is 1. The van der Waals surface area contributed by atoms with Crippen LogP contribution in [0.1, 0.15) is 33.6 Å². The molecule has 1 aromatic carbocycles. The lowest BCUT2D eigenvalue weighted by Crippen LogP contribution is -2.42. The van der Waals surface area contributed by atoms with E-state index in [9.17, 15) is 19.1 Å². The van der Waals surface area contributed by atoms with Crippen LogP contribution in [0.5, 0.6) is 0 Å². The molecule has 2 aromatic rings. The molecule has 1 saturated heterocycles. The molecule has 1 unspecified atom stereocenters. The maximum absolute atomic E-state index is 12.6. The van der Waals surface area contributed by atoms with Crippen molar-refractivity contribution in [3.63, 3.8) is 0 Å². The van der Waals surface area contributed by atoms with Gasteiger partial charge < -0.3 is 14.1 Å². The first-order chi connectivity index (χ1) is 13.1. The Kier molecular flexibility index (Phi) is 5.69. The fraction of sp³-hybridized carbons (Fsp3) is 0.556. The summed E-state index contributed by atoms with van der Waals surface area (Å²) in [6.07, 6.45) is 1.11. The molecule has 1 aliphatic heterocycles. The van der Waals surface area contributed by atoms with Crippen LogP contribution in [0.15, 0.2) is 27.8 Å². The number of nitro groups is 1. The molecule has 1 aliphatic rings. The van der Waals surface area contributed by atoms with Crippen LogP contribution in [0.2, 0.25) is 0 Å². The minimum absolute atomic E-state index is 0.0741. The molecule has 0 N–H and O–H groups in total. The number of nitro benzene ring substituents is 1. The normalized spacial score (nSPS) is 16.9. The number of rotatable bonds is 4. The van der Waals surface area contributed by atoms with Gasteiger partial charge in [-0.3, -0.25) is 10.1 Å². The van der Waals surface area contributed by atoms with Crippen LogP contribution < -0.4 is 0 Å². The molecule has 0 bridgehead atoms. The summed E-state index contributed by atoms with van der Waals surface area (Å²) in [6.45, 7) is 6.59. The Morgan fingerprint density at radius 2 is 2.07 bits per heavy atom. The van der Waals surface area contributed by atoms with Crippen molar-refractivity contribution < 1.29 is 23.1 Å². The Morgan fingerprint density at radius 3 is 2.68 bits per heavy atom. The van der Waals surface area contributed by atoms with E-state index in [1.807, 2.05) is 20.8 Å². The highest BCUT2D eigenvalue weighted by atomic mass is 32.2. The van der Waals surface area contributed by atoms with Crippen molar-refractivity contribution >= 4 is 33.7 Å². The topological polar surface area (TPSA) is 116 Å². The van der Waals surface area contributed by atoms with E-state index in [-0.39, 0.29) is 22.9 Å². The minimum atomic E-state index is -1.45. The first-order valence-corrected chi connectivity index (χ1v) is 10.4. The Bertz CT molecular complexity index is 912. The third-order valence-corrected chi connectivity index (χ3v) is 5.75. The number of aromatic nitrogens is 1. The van der Waals surface area contributed by atoms with Gasteiger partial charge in [-0.2, -0.15) is 0 Å². The second-order valence-corrected chi connectivity index (χ2v) is 9.19. The fourth-order valence-electron chi connectivity index (χ4n) is 3.00. The summed E-state index contributed by atoms with van der Waals surface area (Å²) in [5, 5.41) is 10.9. The molecule has 1 fully saturated rings. The van der Waals surface area contributed by atoms with Crippen LogP contribution >= 0.6 is 0 Å². The summed E-state index contributed by atoms with van der Waals surface area (Å²) >= 11 is 0. The number of non-ortho nitro benzene ring substituents is 1. The number of hydrogen-bond acceptors (Lipinski definition) is 7. The number of nitrogens with zero attached hydrogens (tertiary/aromatic N) is 3. The lowest BCUT2D eigenvalue weighted by Gasteiger charge is -2.33. The van der Waals surface area contributed by atoms with Gasteiger partial charge in [-0.15, -0.1) is 0 Å². The van der Waals surface area contributed by atoms with Gasteiger partial charge in [-0.1, -0.05) is 0 Å². The zero-order valence-corrected chi connectivity index (χ0v) is 16.9. The van der Waals surface area contributed by atoms with Crippen LogP contribution in [0.25, 0.3) is 11.1 Å². The van der Waals surface area contributed by atoms with E-state index in [1.165, 1.54) is 18.2 Å². The van der Waals surface area contributed by atoms with Gasteiger partial charge in [-0.05, 0) is 45.6 Å². The van der Waals surface area contributed by atoms with E-state index in [1.54, 1.807) is 4.90 Å². The number of amides is 1. The highest BCUT2D eigenvalue weighted by Gasteiger charge is 2.28. The molecule has 1 aromatic heterocycles. The maximum Gasteiger partial charge on any atom is 0.410 e. The molecule has 1 amide bonds. The molecule has 9 nitrogen and oxygen atoms in total. The smallest absolute Gasteiger partial charge is 0.410 e. The van der Waals surface area contributed by atoms with E-state index in [2.05, 4.69) is 4.98 Å². The fourth-order valence-corrected chi connectivity index (χ4v) is 4.29. The van der Waals surface area contributed by atoms with Crippen molar-refractivity contribution in [3.8, 4) is 0 Å². The Morgan fingerprint density at radius 1 is 1.39 bits per heavy atom.